The highest BCUT2D eigenvalue weighted by Crippen LogP contribution is 2.08. The summed E-state index contributed by atoms with van der Waals surface area (Å²) in [7, 11) is 0. The van der Waals surface area contributed by atoms with Crippen molar-refractivity contribution < 1.29 is 14.3 Å². The highest BCUT2D eigenvalue weighted by Gasteiger charge is 2.02. The number of carbonyl (C=O) groups excluding carboxylic acids is 1. The largest absolute Gasteiger partial charge is 0.463 e. The van der Waals surface area contributed by atoms with E-state index in [1.807, 2.05) is 0 Å². The van der Waals surface area contributed by atoms with E-state index in [1.165, 1.54) is 32.1 Å². The minimum atomic E-state index is -0.0799. The Kier molecular flexibility index (Phi) is 14.0. The second kappa shape index (κ2) is 14.5. The Morgan fingerprint density at radius 1 is 0.778 bits per heavy atom. The lowest BCUT2D eigenvalue weighted by atomic mass is 10.1. The molecule has 0 fully saturated rings. The van der Waals surface area contributed by atoms with Crippen molar-refractivity contribution in [3.8, 4) is 0 Å². The molecule has 0 unspecified atom stereocenters. The second-order valence-electron chi connectivity index (χ2n) is 4.70. The summed E-state index contributed by atoms with van der Waals surface area (Å²) in [5.41, 5.74) is 0. The summed E-state index contributed by atoms with van der Waals surface area (Å²) in [6.45, 7) is 5.95. The van der Waals surface area contributed by atoms with Gasteiger partial charge >= 0.3 is 5.97 Å². The molecule has 0 spiro atoms. The third kappa shape index (κ3) is 13.5. The first kappa shape index (κ1) is 17.4. The van der Waals surface area contributed by atoms with Crippen molar-refractivity contribution in [3.05, 3.63) is 0 Å². The first-order chi connectivity index (χ1) is 8.81. The molecule has 0 saturated heterocycles. The molecule has 0 heterocycles. The van der Waals surface area contributed by atoms with Crippen LogP contribution in [0.15, 0.2) is 0 Å². The minimum Gasteiger partial charge on any atom is -0.463 e. The zero-order chi connectivity index (χ0) is 13.5. The molecule has 0 radical (unpaired) electrons. The van der Waals surface area contributed by atoms with Crippen molar-refractivity contribution in [2.45, 2.75) is 71.6 Å². The van der Waals surface area contributed by atoms with Crippen molar-refractivity contribution in [2.75, 3.05) is 19.8 Å². The smallest absolute Gasteiger partial charge is 0.305 e. The molecular weight excluding hydrogens is 228 g/mol. The minimum absolute atomic E-state index is 0.0799. The van der Waals surface area contributed by atoms with Gasteiger partial charge in [-0.3, -0.25) is 4.79 Å². The van der Waals surface area contributed by atoms with Crippen molar-refractivity contribution in [1.82, 2.24) is 0 Å². The molecule has 108 valence electrons. The maximum atomic E-state index is 11.3. The molecular formula is C15H30O3. The predicted molar refractivity (Wildman–Crippen MR) is 74.7 cm³/mol. The van der Waals surface area contributed by atoms with E-state index in [0.717, 1.165) is 25.9 Å². The van der Waals surface area contributed by atoms with E-state index in [-0.39, 0.29) is 5.97 Å². The predicted octanol–water partition coefficient (Wildman–Crippen LogP) is 4.10. The monoisotopic (exact) mass is 258 g/mol. The first-order valence-electron chi connectivity index (χ1n) is 7.54. The van der Waals surface area contributed by atoms with Crippen molar-refractivity contribution in [3.63, 3.8) is 0 Å². The molecule has 0 saturated carbocycles. The first-order valence-corrected chi connectivity index (χ1v) is 7.54. The number of esters is 1. The number of carbonyl (C=O) groups is 1. The lowest BCUT2D eigenvalue weighted by molar-refractivity contribution is -0.145. The zero-order valence-electron chi connectivity index (χ0n) is 12.2. The summed E-state index contributed by atoms with van der Waals surface area (Å²) in [5.74, 6) is -0.0799. The van der Waals surface area contributed by atoms with E-state index >= 15 is 0 Å². The molecule has 0 aliphatic rings. The molecule has 0 N–H and O–H groups in total. The van der Waals surface area contributed by atoms with Gasteiger partial charge in [-0.05, 0) is 12.8 Å². The van der Waals surface area contributed by atoms with Gasteiger partial charge in [0, 0.05) is 13.0 Å². The van der Waals surface area contributed by atoms with Gasteiger partial charge in [0.25, 0.3) is 0 Å². The maximum absolute atomic E-state index is 11.3. The quantitative estimate of drug-likeness (QED) is 0.368. The van der Waals surface area contributed by atoms with Crippen LogP contribution in [0.5, 0.6) is 0 Å². The van der Waals surface area contributed by atoms with Crippen LogP contribution in [0.25, 0.3) is 0 Å². The molecule has 3 heteroatoms. The average molecular weight is 258 g/mol. The molecule has 0 atom stereocenters. The number of hydrogen-bond donors (Lipinski definition) is 0. The van der Waals surface area contributed by atoms with Crippen LogP contribution in [0.3, 0.4) is 0 Å². The van der Waals surface area contributed by atoms with Crippen molar-refractivity contribution >= 4 is 5.97 Å². The Hall–Kier alpha value is -0.570. The second-order valence-corrected chi connectivity index (χ2v) is 4.70. The van der Waals surface area contributed by atoms with E-state index in [0.29, 0.717) is 19.6 Å². The van der Waals surface area contributed by atoms with Gasteiger partial charge in [-0.2, -0.15) is 0 Å². The van der Waals surface area contributed by atoms with Gasteiger partial charge in [0.1, 0.15) is 6.61 Å². The van der Waals surface area contributed by atoms with Crippen LogP contribution in [0.2, 0.25) is 0 Å². The molecule has 0 aromatic carbocycles. The average Bonchev–Trinajstić information content (AvgIpc) is 2.37. The molecule has 0 aliphatic heterocycles. The molecule has 0 aliphatic carbocycles. The molecule has 18 heavy (non-hydrogen) atoms. The Morgan fingerprint density at radius 2 is 1.44 bits per heavy atom. The van der Waals surface area contributed by atoms with Crippen LogP contribution >= 0.6 is 0 Å². The van der Waals surface area contributed by atoms with Crippen molar-refractivity contribution in [2.24, 2.45) is 0 Å². The lowest BCUT2D eigenvalue weighted by Crippen LogP contribution is -2.10. The van der Waals surface area contributed by atoms with Gasteiger partial charge in [-0.1, -0.05) is 52.4 Å². The molecule has 0 bridgehead atoms. The van der Waals surface area contributed by atoms with Crippen LogP contribution < -0.4 is 0 Å². The van der Waals surface area contributed by atoms with E-state index in [2.05, 4.69) is 13.8 Å². The summed E-state index contributed by atoms with van der Waals surface area (Å²) in [6.07, 6.45) is 10.2. The number of unbranched alkanes of at least 4 members (excludes halogenated alkanes) is 6. The van der Waals surface area contributed by atoms with Gasteiger partial charge in [0.2, 0.25) is 0 Å². The Bertz CT molecular complexity index is 181. The van der Waals surface area contributed by atoms with Crippen LogP contribution in [-0.4, -0.2) is 25.8 Å². The molecule has 0 rings (SSSR count). The number of hydrogen-bond acceptors (Lipinski definition) is 3. The summed E-state index contributed by atoms with van der Waals surface area (Å²) in [6, 6.07) is 0. The lowest BCUT2D eigenvalue weighted by Gasteiger charge is -2.05. The van der Waals surface area contributed by atoms with Crippen molar-refractivity contribution in [1.29, 1.82) is 0 Å². The highest BCUT2D eigenvalue weighted by atomic mass is 16.6. The van der Waals surface area contributed by atoms with Gasteiger partial charge in [-0.25, -0.2) is 0 Å². The van der Waals surface area contributed by atoms with Crippen LogP contribution in [0.4, 0.5) is 0 Å². The topological polar surface area (TPSA) is 35.5 Å². The van der Waals surface area contributed by atoms with Crippen LogP contribution in [-0.2, 0) is 14.3 Å². The fraction of sp³-hybridized carbons (Fsp3) is 0.933. The zero-order valence-corrected chi connectivity index (χ0v) is 12.2. The maximum Gasteiger partial charge on any atom is 0.305 e. The van der Waals surface area contributed by atoms with Crippen LogP contribution in [0.1, 0.15) is 71.6 Å². The van der Waals surface area contributed by atoms with Gasteiger partial charge in [-0.15, -0.1) is 0 Å². The SMILES string of the molecule is CCCCCCCCCC(=O)OCCOCCC. The molecule has 3 nitrogen and oxygen atoms in total. The third-order valence-corrected chi connectivity index (χ3v) is 2.82. The fourth-order valence-corrected chi connectivity index (χ4v) is 1.76. The number of rotatable bonds is 13. The van der Waals surface area contributed by atoms with Gasteiger partial charge in [0.15, 0.2) is 0 Å². The summed E-state index contributed by atoms with van der Waals surface area (Å²) < 4.78 is 10.3. The fourth-order valence-electron chi connectivity index (χ4n) is 1.76. The number of ether oxygens (including phenoxy) is 2. The Balaban J connectivity index is 3.12. The van der Waals surface area contributed by atoms with E-state index in [9.17, 15) is 4.79 Å². The Morgan fingerprint density at radius 3 is 2.11 bits per heavy atom. The standard InChI is InChI=1S/C15H30O3/c1-3-5-6-7-8-9-10-11-15(16)18-14-13-17-12-4-2/h3-14H2,1-2H3. The molecule has 0 aromatic rings. The molecule has 0 aromatic heterocycles. The third-order valence-electron chi connectivity index (χ3n) is 2.82. The van der Waals surface area contributed by atoms with Gasteiger partial charge < -0.3 is 9.47 Å². The molecule has 0 amide bonds. The summed E-state index contributed by atoms with van der Waals surface area (Å²) in [5, 5.41) is 0. The summed E-state index contributed by atoms with van der Waals surface area (Å²) in [4.78, 5) is 11.3. The highest BCUT2D eigenvalue weighted by molar-refractivity contribution is 5.69. The van der Waals surface area contributed by atoms with Gasteiger partial charge in [0.05, 0.1) is 6.61 Å². The van der Waals surface area contributed by atoms with Crippen LogP contribution in [0, 0.1) is 0 Å². The van der Waals surface area contributed by atoms with E-state index in [1.54, 1.807) is 0 Å². The summed E-state index contributed by atoms with van der Waals surface area (Å²) >= 11 is 0. The van der Waals surface area contributed by atoms with E-state index < -0.39 is 0 Å². The normalized spacial score (nSPS) is 10.6. The Labute approximate surface area is 112 Å². The van der Waals surface area contributed by atoms with E-state index in [4.69, 9.17) is 9.47 Å².